The SMILES string of the molecule is CC1(Oc2cccc3c2CNC3)CCCC1. The molecule has 0 unspecified atom stereocenters. The minimum atomic E-state index is 0.0811. The Morgan fingerprint density at radius 2 is 2.00 bits per heavy atom. The van der Waals surface area contributed by atoms with Crippen LogP contribution in [-0.2, 0) is 13.1 Å². The summed E-state index contributed by atoms with van der Waals surface area (Å²) in [6.45, 7) is 4.20. The summed E-state index contributed by atoms with van der Waals surface area (Å²) in [5.41, 5.74) is 2.85. The molecule has 2 heteroatoms. The Hall–Kier alpha value is -1.02. The molecule has 0 aromatic heterocycles. The van der Waals surface area contributed by atoms with Crippen molar-refractivity contribution >= 4 is 0 Å². The first-order chi connectivity index (χ1) is 7.77. The zero-order valence-corrected chi connectivity index (χ0v) is 9.88. The molecular weight excluding hydrogens is 198 g/mol. The third-order valence-corrected chi connectivity index (χ3v) is 3.86. The van der Waals surface area contributed by atoms with Gasteiger partial charge < -0.3 is 10.1 Å². The maximum absolute atomic E-state index is 6.27. The molecule has 0 spiro atoms. The molecule has 1 aliphatic heterocycles. The molecule has 1 N–H and O–H groups in total. The van der Waals surface area contributed by atoms with Gasteiger partial charge in [-0.05, 0) is 44.2 Å². The number of hydrogen-bond acceptors (Lipinski definition) is 2. The highest BCUT2D eigenvalue weighted by Crippen LogP contribution is 2.36. The van der Waals surface area contributed by atoms with E-state index in [0.717, 1.165) is 18.8 Å². The fourth-order valence-corrected chi connectivity index (χ4v) is 2.89. The molecule has 1 aliphatic carbocycles. The van der Waals surface area contributed by atoms with Gasteiger partial charge >= 0.3 is 0 Å². The van der Waals surface area contributed by atoms with Gasteiger partial charge in [-0.2, -0.15) is 0 Å². The van der Waals surface area contributed by atoms with Crippen molar-refractivity contribution in [2.75, 3.05) is 0 Å². The van der Waals surface area contributed by atoms with E-state index in [4.69, 9.17) is 4.74 Å². The fourth-order valence-electron chi connectivity index (χ4n) is 2.89. The molecule has 1 aromatic rings. The van der Waals surface area contributed by atoms with Crippen molar-refractivity contribution in [1.29, 1.82) is 0 Å². The van der Waals surface area contributed by atoms with E-state index >= 15 is 0 Å². The van der Waals surface area contributed by atoms with Crippen molar-refractivity contribution in [2.24, 2.45) is 0 Å². The lowest BCUT2D eigenvalue weighted by molar-refractivity contribution is 0.0956. The Morgan fingerprint density at radius 3 is 2.81 bits per heavy atom. The summed E-state index contributed by atoms with van der Waals surface area (Å²) < 4.78 is 6.27. The lowest BCUT2D eigenvalue weighted by Gasteiger charge is -2.26. The van der Waals surface area contributed by atoms with Gasteiger partial charge in [0.15, 0.2) is 0 Å². The molecule has 1 saturated carbocycles. The minimum Gasteiger partial charge on any atom is -0.487 e. The van der Waals surface area contributed by atoms with Crippen molar-refractivity contribution in [3.8, 4) is 5.75 Å². The van der Waals surface area contributed by atoms with Crippen LogP contribution in [0, 0.1) is 0 Å². The first-order valence-corrected chi connectivity index (χ1v) is 6.27. The quantitative estimate of drug-likeness (QED) is 0.822. The van der Waals surface area contributed by atoms with Crippen LogP contribution in [0.1, 0.15) is 43.7 Å². The molecule has 2 nitrogen and oxygen atoms in total. The van der Waals surface area contributed by atoms with Crippen molar-refractivity contribution in [3.05, 3.63) is 29.3 Å². The Kier molecular flexibility index (Phi) is 2.40. The van der Waals surface area contributed by atoms with Crippen molar-refractivity contribution in [3.63, 3.8) is 0 Å². The summed E-state index contributed by atoms with van der Waals surface area (Å²) in [7, 11) is 0. The summed E-state index contributed by atoms with van der Waals surface area (Å²) >= 11 is 0. The Balaban J connectivity index is 1.87. The predicted molar refractivity (Wildman–Crippen MR) is 64.5 cm³/mol. The molecule has 0 atom stereocenters. The van der Waals surface area contributed by atoms with E-state index in [2.05, 4.69) is 30.4 Å². The zero-order valence-electron chi connectivity index (χ0n) is 9.88. The maximum Gasteiger partial charge on any atom is 0.124 e. The highest BCUT2D eigenvalue weighted by molar-refractivity contribution is 5.42. The minimum absolute atomic E-state index is 0.0811. The molecule has 0 saturated heterocycles. The van der Waals surface area contributed by atoms with Crippen LogP contribution in [0.3, 0.4) is 0 Å². The smallest absolute Gasteiger partial charge is 0.124 e. The van der Waals surface area contributed by atoms with Gasteiger partial charge in [0.25, 0.3) is 0 Å². The highest BCUT2D eigenvalue weighted by Gasteiger charge is 2.31. The number of fused-ring (bicyclic) bond motifs is 1. The van der Waals surface area contributed by atoms with Gasteiger partial charge in [0.1, 0.15) is 11.4 Å². The van der Waals surface area contributed by atoms with Crippen LogP contribution < -0.4 is 10.1 Å². The Morgan fingerprint density at radius 1 is 1.19 bits per heavy atom. The molecule has 0 radical (unpaired) electrons. The van der Waals surface area contributed by atoms with Crippen LogP contribution >= 0.6 is 0 Å². The molecule has 1 aromatic carbocycles. The second kappa shape index (κ2) is 3.77. The molecule has 1 heterocycles. The predicted octanol–water partition coefficient (Wildman–Crippen LogP) is 3.00. The fraction of sp³-hybridized carbons (Fsp3) is 0.571. The van der Waals surface area contributed by atoms with E-state index in [1.165, 1.54) is 36.8 Å². The van der Waals surface area contributed by atoms with Crippen LogP contribution in [0.15, 0.2) is 18.2 Å². The van der Waals surface area contributed by atoms with Crippen molar-refractivity contribution in [1.82, 2.24) is 5.32 Å². The van der Waals surface area contributed by atoms with E-state index in [-0.39, 0.29) is 5.60 Å². The largest absolute Gasteiger partial charge is 0.487 e. The summed E-state index contributed by atoms with van der Waals surface area (Å²) in [6, 6.07) is 6.42. The molecule has 3 rings (SSSR count). The molecule has 86 valence electrons. The number of ether oxygens (including phenoxy) is 1. The topological polar surface area (TPSA) is 21.3 Å². The van der Waals surface area contributed by atoms with Crippen LogP contribution in [0.2, 0.25) is 0 Å². The second-order valence-corrected chi connectivity index (χ2v) is 5.26. The molecular formula is C14H19NO. The van der Waals surface area contributed by atoms with Gasteiger partial charge in [0, 0.05) is 18.7 Å². The third kappa shape index (κ3) is 1.71. The third-order valence-electron chi connectivity index (χ3n) is 3.86. The zero-order chi connectivity index (χ0) is 11.0. The molecule has 1 fully saturated rings. The summed E-state index contributed by atoms with van der Waals surface area (Å²) in [5.74, 6) is 1.10. The standard InChI is InChI=1S/C14H19NO/c1-14(7-2-3-8-14)16-13-6-4-5-11-9-15-10-12(11)13/h4-6,15H,2-3,7-10H2,1H3. The number of hydrogen-bond donors (Lipinski definition) is 1. The average molecular weight is 217 g/mol. The average Bonchev–Trinajstić information content (AvgIpc) is 2.87. The molecule has 16 heavy (non-hydrogen) atoms. The normalized spacial score (nSPS) is 22.1. The van der Waals surface area contributed by atoms with E-state index in [9.17, 15) is 0 Å². The number of rotatable bonds is 2. The lowest BCUT2D eigenvalue weighted by Crippen LogP contribution is -2.28. The van der Waals surface area contributed by atoms with Crippen LogP contribution in [0.4, 0.5) is 0 Å². The van der Waals surface area contributed by atoms with Crippen molar-refractivity contribution < 1.29 is 4.74 Å². The van der Waals surface area contributed by atoms with E-state index in [0.29, 0.717) is 0 Å². The molecule has 2 aliphatic rings. The Labute approximate surface area is 97.0 Å². The first-order valence-electron chi connectivity index (χ1n) is 6.27. The van der Waals surface area contributed by atoms with Gasteiger partial charge in [-0.15, -0.1) is 0 Å². The summed E-state index contributed by atoms with van der Waals surface area (Å²) in [5, 5.41) is 3.39. The number of benzene rings is 1. The van der Waals surface area contributed by atoms with E-state index in [1.54, 1.807) is 0 Å². The molecule has 0 amide bonds. The number of nitrogens with one attached hydrogen (secondary N) is 1. The van der Waals surface area contributed by atoms with Crippen LogP contribution in [0.25, 0.3) is 0 Å². The summed E-state index contributed by atoms with van der Waals surface area (Å²) in [4.78, 5) is 0. The summed E-state index contributed by atoms with van der Waals surface area (Å²) in [6.07, 6.45) is 5.02. The highest BCUT2D eigenvalue weighted by atomic mass is 16.5. The maximum atomic E-state index is 6.27. The lowest BCUT2D eigenvalue weighted by atomic mass is 10.0. The van der Waals surface area contributed by atoms with Gasteiger partial charge in [0.05, 0.1) is 0 Å². The van der Waals surface area contributed by atoms with Gasteiger partial charge in [-0.1, -0.05) is 12.1 Å². The van der Waals surface area contributed by atoms with Crippen molar-refractivity contribution in [2.45, 2.75) is 51.3 Å². The van der Waals surface area contributed by atoms with Crippen LogP contribution in [-0.4, -0.2) is 5.60 Å². The van der Waals surface area contributed by atoms with Gasteiger partial charge in [-0.3, -0.25) is 0 Å². The monoisotopic (exact) mass is 217 g/mol. The van der Waals surface area contributed by atoms with E-state index in [1.807, 2.05) is 0 Å². The second-order valence-electron chi connectivity index (χ2n) is 5.26. The van der Waals surface area contributed by atoms with Crippen LogP contribution in [0.5, 0.6) is 5.75 Å². The van der Waals surface area contributed by atoms with E-state index < -0.39 is 0 Å². The van der Waals surface area contributed by atoms with Gasteiger partial charge in [0.2, 0.25) is 0 Å². The Bertz CT molecular complexity index is 394. The molecule has 0 bridgehead atoms. The first kappa shape index (κ1) is 10.2. The van der Waals surface area contributed by atoms with Gasteiger partial charge in [-0.25, -0.2) is 0 Å².